The summed E-state index contributed by atoms with van der Waals surface area (Å²) in [4.78, 5) is 38.6. The molecule has 3 aliphatic rings. The van der Waals surface area contributed by atoms with E-state index in [1.54, 1.807) is 36.4 Å². The van der Waals surface area contributed by atoms with Gasteiger partial charge in [-0.05, 0) is 99.6 Å². The van der Waals surface area contributed by atoms with Crippen LogP contribution in [-0.2, 0) is 19.0 Å². The molecule has 2 aliphatic carbocycles. The number of esters is 2. The molecular formula is C35H36Br2O6. The zero-order valence-electron chi connectivity index (χ0n) is 24.7. The van der Waals surface area contributed by atoms with Crippen molar-refractivity contribution in [1.82, 2.24) is 0 Å². The zero-order valence-corrected chi connectivity index (χ0v) is 27.8. The minimum atomic E-state index is -0.792. The number of carbonyl (C=O) groups excluding carboxylic acids is 3. The van der Waals surface area contributed by atoms with E-state index in [0.717, 1.165) is 39.5 Å². The van der Waals surface area contributed by atoms with Crippen LogP contribution in [0.3, 0.4) is 0 Å². The Morgan fingerprint density at radius 1 is 1.05 bits per heavy atom. The maximum atomic E-state index is 13.5. The summed E-state index contributed by atoms with van der Waals surface area (Å²) in [6, 6.07) is 14.0. The fraction of sp³-hybridized carbons (Fsp3) is 0.400. The van der Waals surface area contributed by atoms with E-state index in [-0.39, 0.29) is 29.9 Å². The molecule has 8 heteroatoms. The van der Waals surface area contributed by atoms with Crippen LogP contribution in [0, 0.1) is 11.8 Å². The molecule has 1 heterocycles. The first-order chi connectivity index (χ1) is 20.5. The lowest BCUT2D eigenvalue weighted by molar-refractivity contribution is -0.128. The Hall–Kier alpha value is -2.97. The van der Waals surface area contributed by atoms with Crippen LogP contribution >= 0.6 is 31.9 Å². The van der Waals surface area contributed by atoms with E-state index in [1.165, 1.54) is 5.57 Å². The molecule has 4 atom stereocenters. The molecule has 0 bridgehead atoms. The number of benzene rings is 2. The smallest absolute Gasteiger partial charge is 0.338 e. The summed E-state index contributed by atoms with van der Waals surface area (Å²) >= 11 is 6.74. The van der Waals surface area contributed by atoms with E-state index in [2.05, 4.69) is 57.9 Å². The predicted molar refractivity (Wildman–Crippen MR) is 171 cm³/mol. The van der Waals surface area contributed by atoms with Gasteiger partial charge < -0.3 is 14.2 Å². The number of hydrogen-bond donors (Lipinski definition) is 0. The van der Waals surface area contributed by atoms with Gasteiger partial charge in [0.2, 0.25) is 5.78 Å². The van der Waals surface area contributed by atoms with Crippen molar-refractivity contribution in [3.8, 4) is 0 Å². The van der Waals surface area contributed by atoms with Gasteiger partial charge in [-0.1, -0.05) is 56.5 Å². The fourth-order valence-corrected chi connectivity index (χ4v) is 6.72. The molecule has 1 aliphatic heterocycles. The van der Waals surface area contributed by atoms with Crippen LogP contribution in [-0.4, -0.2) is 36.0 Å². The Balaban J connectivity index is 1.16. The Morgan fingerprint density at radius 2 is 1.67 bits per heavy atom. The van der Waals surface area contributed by atoms with E-state index in [1.807, 2.05) is 19.1 Å². The van der Waals surface area contributed by atoms with E-state index in [4.69, 9.17) is 14.2 Å². The van der Waals surface area contributed by atoms with Crippen LogP contribution in [0.2, 0.25) is 0 Å². The second-order valence-corrected chi connectivity index (χ2v) is 13.7. The first kappa shape index (κ1) is 31.5. The first-order valence-electron chi connectivity index (χ1n) is 14.7. The van der Waals surface area contributed by atoms with Crippen molar-refractivity contribution in [3.63, 3.8) is 0 Å². The van der Waals surface area contributed by atoms with E-state index in [0.29, 0.717) is 41.9 Å². The number of ketones is 1. The highest BCUT2D eigenvalue weighted by atomic mass is 79.9. The molecule has 2 aromatic rings. The average molecular weight is 712 g/mol. The van der Waals surface area contributed by atoms with E-state index >= 15 is 0 Å². The van der Waals surface area contributed by atoms with Gasteiger partial charge in [0, 0.05) is 33.3 Å². The largest absolute Gasteiger partial charge is 0.491 e. The van der Waals surface area contributed by atoms with Crippen LogP contribution in [0.1, 0.15) is 80.0 Å². The van der Waals surface area contributed by atoms with Crippen LogP contribution in [0.15, 0.2) is 92.1 Å². The monoisotopic (exact) mass is 710 g/mol. The molecule has 0 saturated heterocycles. The van der Waals surface area contributed by atoms with Crippen LogP contribution in [0.4, 0.5) is 0 Å². The third-order valence-electron chi connectivity index (χ3n) is 8.71. The molecular weight excluding hydrogens is 676 g/mol. The van der Waals surface area contributed by atoms with Crippen LogP contribution < -0.4 is 0 Å². The highest BCUT2D eigenvalue weighted by Crippen LogP contribution is 2.52. The molecule has 0 saturated carbocycles. The summed E-state index contributed by atoms with van der Waals surface area (Å²) in [6.45, 7) is 6.60. The quantitative estimate of drug-likeness (QED) is 0.191. The van der Waals surface area contributed by atoms with Crippen molar-refractivity contribution >= 4 is 49.6 Å². The number of carbonyl (C=O) groups is 3. The number of halogens is 2. The minimum Gasteiger partial charge on any atom is -0.491 e. The summed E-state index contributed by atoms with van der Waals surface area (Å²) in [5.41, 5.74) is 3.59. The van der Waals surface area contributed by atoms with E-state index in [9.17, 15) is 14.4 Å². The fourth-order valence-electron chi connectivity index (χ4n) is 6.19. The Labute approximate surface area is 269 Å². The SMILES string of the molecule is CC(=CCC[C@H](C)C1=CC[C@]2(C)OC3=C(C[C@H]12)C(=O)[C@@H](OC(=O)c1ccc(Br)cc1)CC3)COC(=O)c1ccc(Br)cc1. The predicted octanol–water partition coefficient (Wildman–Crippen LogP) is 8.70. The van der Waals surface area contributed by atoms with E-state index < -0.39 is 12.1 Å². The highest BCUT2D eigenvalue weighted by Gasteiger charge is 2.50. The highest BCUT2D eigenvalue weighted by molar-refractivity contribution is 9.10. The summed E-state index contributed by atoms with van der Waals surface area (Å²) in [7, 11) is 0. The molecule has 5 rings (SSSR count). The first-order valence-corrected chi connectivity index (χ1v) is 16.3. The molecule has 6 nitrogen and oxygen atoms in total. The summed E-state index contributed by atoms with van der Waals surface area (Å²) in [6.07, 6.45) is 7.85. The lowest BCUT2D eigenvalue weighted by atomic mass is 9.73. The Morgan fingerprint density at radius 3 is 2.33 bits per heavy atom. The molecule has 226 valence electrons. The third-order valence-corrected chi connectivity index (χ3v) is 9.77. The topological polar surface area (TPSA) is 78.9 Å². The lowest BCUT2D eigenvalue weighted by Crippen LogP contribution is -2.44. The van der Waals surface area contributed by atoms with Gasteiger partial charge in [-0.15, -0.1) is 0 Å². The van der Waals surface area contributed by atoms with Gasteiger partial charge in [-0.3, -0.25) is 4.79 Å². The van der Waals surface area contributed by atoms with Crippen molar-refractivity contribution < 1.29 is 28.6 Å². The van der Waals surface area contributed by atoms with Crippen molar-refractivity contribution in [2.45, 2.75) is 71.0 Å². The van der Waals surface area contributed by atoms with Crippen molar-refractivity contribution in [3.05, 3.63) is 103 Å². The number of rotatable bonds is 9. The van der Waals surface area contributed by atoms with Crippen molar-refractivity contribution in [1.29, 1.82) is 0 Å². The molecule has 0 amide bonds. The molecule has 2 aromatic carbocycles. The normalized spacial score (nSPS) is 24.0. The average Bonchev–Trinajstić information content (AvgIpc) is 3.33. The number of ether oxygens (including phenoxy) is 3. The molecule has 0 aromatic heterocycles. The molecule has 0 unspecified atom stereocenters. The van der Waals surface area contributed by atoms with Gasteiger partial charge in [0.25, 0.3) is 0 Å². The number of allylic oxidation sites excluding steroid dienone is 2. The van der Waals surface area contributed by atoms with Gasteiger partial charge in [-0.2, -0.15) is 0 Å². The summed E-state index contributed by atoms with van der Waals surface area (Å²) in [5, 5.41) is 0. The van der Waals surface area contributed by atoms with Crippen molar-refractivity contribution in [2.24, 2.45) is 11.8 Å². The van der Waals surface area contributed by atoms with Crippen LogP contribution in [0.5, 0.6) is 0 Å². The lowest BCUT2D eigenvalue weighted by Gasteiger charge is -2.43. The van der Waals surface area contributed by atoms with Crippen molar-refractivity contribution in [2.75, 3.05) is 6.61 Å². The molecule has 0 N–H and O–H groups in total. The second-order valence-electron chi connectivity index (χ2n) is 11.9. The van der Waals surface area contributed by atoms with Gasteiger partial charge in [0.05, 0.1) is 11.1 Å². The minimum absolute atomic E-state index is 0.100. The maximum Gasteiger partial charge on any atom is 0.338 e. The number of fused-ring (bicyclic) bond motifs is 1. The number of hydrogen-bond acceptors (Lipinski definition) is 6. The van der Waals surface area contributed by atoms with Crippen LogP contribution in [0.25, 0.3) is 0 Å². The van der Waals surface area contributed by atoms with Gasteiger partial charge in [0.15, 0.2) is 6.10 Å². The Kier molecular flexibility index (Phi) is 9.76. The molecule has 0 spiro atoms. The third kappa shape index (κ3) is 7.23. The molecule has 0 fully saturated rings. The molecule has 43 heavy (non-hydrogen) atoms. The zero-order chi connectivity index (χ0) is 30.7. The number of Topliss-reactive ketones (excluding diaryl/α,β-unsaturated/α-hetero) is 1. The standard InChI is InChI=1S/C35H36Br2O6/c1-21(20-41-33(39)23-7-11-25(36)12-8-23)5-4-6-22(2)27-17-18-35(3)29(27)19-28-30(43-35)15-16-31(32(28)38)42-34(40)24-9-13-26(37)14-10-24/h5,7-14,17,22,29,31H,4,6,15-16,18-20H2,1-3H3/t22-,29+,31-,35-/m0/s1. The second kappa shape index (κ2) is 13.3. The summed E-state index contributed by atoms with van der Waals surface area (Å²) in [5.74, 6) is 0.206. The van der Waals surface area contributed by atoms with Gasteiger partial charge >= 0.3 is 11.9 Å². The Bertz CT molecular complexity index is 1490. The van der Waals surface area contributed by atoms with Gasteiger partial charge in [-0.25, -0.2) is 9.59 Å². The molecule has 0 radical (unpaired) electrons. The van der Waals surface area contributed by atoms with Gasteiger partial charge in [0.1, 0.15) is 18.0 Å². The summed E-state index contributed by atoms with van der Waals surface area (Å²) < 4.78 is 19.5. The maximum absolute atomic E-state index is 13.5.